The molecular formula is C23H29N3O2. The Bertz CT molecular complexity index is 835. The highest BCUT2D eigenvalue weighted by molar-refractivity contribution is 5.95. The maximum atomic E-state index is 12.7. The van der Waals surface area contributed by atoms with Crippen molar-refractivity contribution in [1.29, 1.82) is 0 Å². The summed E-state index contributed by atoms with van der Waals surface area (Å²) in [4.78, 5) is 32.4. The Morgan fingerprint density at radius 3 is 2.57 bits per heavy atom. The van der Waals surface area contributed by atoms with Crippen LogP contribution in [0.4, 0.5) is 0 Å². The topological polar surface area (TPSA) is 56.4 Å². The van der Waals surface area contributed by atoms with Crippen LogP contribution in [-0.2, 0) is 11.2 Å². The van der Waals surface area contributed by atoms with E-state index >= 15 is 0 Å². The van der Waals surface area contributed by atoms with Gasteiger partial charge in [0.25, 0.3) is 5.91 Å². The Labute approximate surface area is 166 Å². The number of aryl methyl sites for hydroxylation is 2. The lowest BCUT2D eigenvalue weighted by Crippen LogP contribution is -2.44. The van der Waals surface area contributed by atoms with E-state index in [0.717, 1.165) is 63.1 Å². The SMILES string of the molecule is Cc1[nH]ccc1C(=O)N1CCC2(CC1)CC(=O)N(CCCc1ccccc1)C2. The summed E-state index contributed by atoms with van der Waals surface area (Å²) in [5.74, 6) is 0.395. The summed E-state index contributed by atoms with van der Waals surface area (Å²) in [5, 5.41) is 0. The monoisotopic (exact) mass is 379 g/mol. The molecule has 5 nitrogen and oxygen atoms in total. The second kappa shape index (κ2) is 7.82. The molecule has 1 aromatic heterocycles. The van der Waals surface area contributed by atoms with Gasteiger partial charge in [0.1, 0.15) is 0 Å². The van der Waals surface area contributed by atoms with Gasteiger partial charge in [-0.3, -0.25) is 9.59 Å². The molecule has 0 unspecified atom stereocenters. The van der Waals surface area contributed by atoms with Gasteiger partial charge in [-0.25, -0.2) is 0 Å². The maximum Gasteiger partial charge on any atom is 0.255 e. The van der Waals surface area contributed by atoms with Gasteiger partial charge in [0, 0.05) is 49.9 Å². The summed E-state index contributed by atoms with van der Waals surface area (Å²) >= 11 is 0. The zero-order valence-corrected chi connectivity index (χ0v) is 16.6. The highest BCUT2D eigenvalue weighted by atomic mass is 16.2. The van der Waals surface area contributed by atoms with Crippen molar-refractivity contribution >= 4 is 11.8 Å². The number of hydrogen-bond acceptors (Lipinski definition) is 2. The van der Waals surface area contributed by atoms with Gasteiger partial charge in [-0.1, -0.05) is 30.3 Å². The molecule has 1 aromatic carbocycles. The van der Waals surface area contributed by atoms with Crippen LogP contribution < -0.4 is 0 Å². The van der Waals surface area contributed by atoms with Crippen LogP contribution in [0, 0.1) is 12.3 Å². The summed E-state index contributed by atoms with van der Waals surface area (Å²) in [7, 11) is 0. The quantitative estimate of drug-likeness (QED) is 0.866. The lowest BCUT2D eigenvalue weighted by Gasteiger charge is -2.38. The third kappa shape index (κ3) is 3.84. The first-order chi connectivity index (χ1) is 13.6. The molecule has 2 amide bonds. The third-order valence-corrected chi connectivity index (χ3v) is 6.44. The van der Waals surface area contributed by atoms with Crippen molar-refractivity contribution in [2.24, 2.45) is 5.41 Å². The Kier molecular flexibility index (Phi) is 5.25. The van der Waals surface area contributed by atoms with E-state index in [1.54, 1.807) is 0 Å². The van der Waals surface area contributed by atoms with Crippen molar-refractivity contribution in [3.8, 4) is 0 Å². The number of carbonyl (C=O) groups excluding carboxylic acids is 2. The summed E-state index contributed by atoms with van der Waals surface area (Å²) in [6.07, 6.45) is 6.31. The number of nitrogens with zero attached hydrogens (tertiary/aromatic N) is 2. The van der Waals surface area contributed by atoms with E-state index in [9.17, 15) is 9.59 Å². The Morgan fingerprint density at radius 2 is 1.89 bits per heavy atom. The zero-order valence-electron chi connectivity index (χ0n) is 16.6. The van der Waals surface area contributed by atoms with Crippen LogP contribution in [0.2, 0.25) is 0 Å². The van der Waals surface area contributed by atoms with Gasteiger partial charge in [-0.2, -0.15) is 0 Å². The van der Waals surface area contributed by atoms with Gasteiger partial charge in [-0.05, 0) is 44.2 Å². The summed E-state index contributed by atoms with van der Waals surface area (Å²) < 4.78 is 0. The lowest BCUT2D eigenvalue weighted by molar-refractivity contribution is -0.127. The van der Waals surface area contributed by atoms with E-state index in [4.69, 9.17) is 0 Å². The number of aromatic nitrogens is 1. The predicted molar refractivity (Wildman–Crippen MR) is 109 cm³/mol. The number of aromatic amines is 1. The van der Waals surface area contributed by atoms with Crippen LogP contribution in [0.1, 0.15) is 47.3 Å². The Hall–Kier alpha value is -2.56. The van der Waals surface area contributed by atoms with Crippen LogP contribution in [0.15, 0.2) is 42.6 Å². The molecule has 2 aliphatic heterocycles. The predicted octanol–water partition coefficient (Wildman–Crippen LogP) is 3.41. The van der Waals surface area contributed by atoms with Gasteiger partial charge in [-0.15, -0.1) is 0 Å². The summed E-state index contributed by atoms with van der Waals surface area (Å²) in [5.41, 5.74) is 3.08. The number of likely N-dealkylation sites (tertiary alicyclic amines) is 2. The van der Waals surface area contributed by atoms with E-state index in [2.05, 4.69) is 34.1 Å². The van der Waals surface area contributed by atoms with E-state index in [-0.39, 0.29) is 17.2 Å². The average molecular weight is 380 g/mol. The van der Waals surface area contributed by atoms with Crippen LogP contribution in [0.3, 0.4) is 0 Å². The van der Waals surface area contributed by atoms with Gasteiger partial charge < -0.3 is 14.8 Å². The molecule has 1 spiro atoms. The van der Waals surface area contributed by atoms with E-state index in [0.29, 0.717) is 6.42 Å². The molecule has 1 N–H and O–H groups in total. The molecule has 0 aliphatic carbocycles. The fourth-order valence-corrected chi connectivity index (χ4v) is 4.68. The first-order valence-electron chi connectivity index (χ1n) is 10.3. The van der Waals surface area contributed by atoms with Crippen molar-refractivity contribution in [2.45, 2.75) is 39.0 Å². The molecule has 3 heterocycles. The first kappa shape index (κ1) is 18.8. The fraction of sp³-hybridized carbons (Fsp3) is 0.478. The molecule has 0 bridgehead atoms. The number of carbonyl (C=O) groups is 2. The first-order valence-corrected chi connectivity index (χ1v) is 10.3. The highest BCUT2D eigenvalue weighted by Gasteiger charge is 2.45. The fourth-order valence-electron chi connectivity index (χ4n) is 4.68. The van der Waals surface area contributed by atoms with Crippen molar-refractivity contribution < 1.29 is 9.59 Å². The number of hydrogen-bond donors (Lipinski definition) is 1. The summed E-state index contributed by atoms with van der Waals surface area (Å²) in [6.45, 7) is 5.11. The molecule has 5 heteroatoms. The molecule has 4 rings (SSSR count). The van der Waals surface area contributed by atoms with E-state index in [1.807, 2.05) is 30.2 Å². The van der Waals surface area contributed by atoms with E-state index < -0.39 is 0 Å². The number of nitrogens with one attached hydrogen (secondary N) is 1. The van der Waals surface area contributed by atoms with Crippen LogP contribution >= 0.6 is 0 Å². The minimum absolute atomic E-state index is 0.0633. The molecule has 28 heavy (non-hydrogen) atoms. The van der Waals surface area contributed by atoms with Gasteiger partial charge in [0.15, 0.2) is 0 Å². The van der Waals surface area contributed by atoms with Gasteiger partial charge >= 0.3 is 0 Å². The van der Waals surface area contributed by atoms with Crippen LogP contribution in [0.25, 0.3) is 0 Å². The Morgan fingerprint density at radius 1 is 1.14 bits per heavy atom. The molecule has 2 aliphatic rings. The van der Waals surface area contributed by atoms with Crippen LogP contribution in [-0.4, -0.2) is 52.8 Å². The number of amides is 2. The molecule has 2 fully saturated rings. The Balaban J connectivity index is 1.29. The normalized spacial score (nSPS) is 18.8. The number of piperidine rings is 1. The second-order valence-electron chi connectivity index (χ2n) is 8.39. The maximum absolute atomic E-state index is 12.7. The van der Waals surface area contributed by atoms with Crippen molar-refractivity contribution in [3.05, 3.63) is 59.4 Å². The number of rotatable bonds is 5. The molecule has 2 aromatic rings. The molecular weight excluding hydrogens is 350 g/mol. The van der Waals surface area contributed by atoms with Crippen LogP contribution in [0.5, 0.6) is 0 Å². The number of benzene rings is 1. The van der Waals surface area contributed by atoms with Gasteiger partial charge in [0.2, 0.25) is 5.91 Å². The second-order valence-corrected chi connectivity index (χ2v) is 8.39. The zero-order chi connectivity index (χ0) is 19.6. The minimum Gasteiger partial charge on any atom is -0.365 e. The minimum atomic E-state index is 0.0633. The highest BCUT2D eigenvalue weighted by Crippen LogP contribution is 2.41. The molecule has 148 valence electrons. The average Bonchev–Trinajstić information content (AvgIpc) is 3.26. The van der Waals surface area contributed by atoms with Crippen molar-refractivity contribution in [2.75, 3.05) is 26.2 Å². The largest absolute Gasteiger partial charge is 0.365 e. The molecule has 0 atom stereocenters. The lowest BCUT2D eigenvalue weighted by atomic mass is 9.77. The number of H-pyrrole nitrogens is 1. The van der Waals surface area contributed by atoms with Gasteiger partial charge in [0.05, 0.1) is 5.56 Å². The molecule has 2 saturated heterocycles. The standard InChI is InChI=1S/C23H29N3O2/c1-18-20(9-12-24-18)22(28)25-14-10-23(11-15-25)16-21(27)26(17-23)13-5-8-19-6-3-2-4-7-19/h2-4,6-7,9,12,24H,5,8,10-11,13-17H2,1H3. The van der Waals surface area contributed by atoms with Crippen molar-refractivity contribution in [3.63, 3.8) is 0 Å². The third-order valence-electron chi connectivity index (χ3n) is 6.44. The molecule has 0 saturated carbocycles. The van der Waals surface area contributed by atoms with Crippen molar-refractivity contribution in [1.82, 2.24) is 14.8 Å². The molecule has 0 radical (unpaired) electrons. The summed E-state index contributed by atoms with van der Waals surface area (Å²) in [6, 6.07) is 12.3. The van der Waals surface area contributed by atoms with E-state index in [1.165, 1.54) is 5.56 Å². The smallest absolute Gasteiger partial charge is 0.255 e.